The Balaban J connectivity index is 1.46. The fourth-order valence-electron chi connectivity index (χ4n) is 2.52. The molecule has 0 spiro atoms. The van der Waals surface area contributed by atoms with Gasteiger partial charge in [-0.25, -0.2) is 0 Å². The van der Waals surface area contributed by atoms with Gasteiger partial charge in [0.15, 0.2) is 5.76 Å². The number of halogens is 3. The normalized spacial score (nSPS) is 11.4. The number of benzene rings is 1. The van der Waals surface area contributed by atoms with E-state index in [1.807, 2.05) is 0 Å². The maximum atomic E-state index is 12.5. The highest BCUT2D eigenvalue weighted by atomic mass is 32.1. The van der Waals surface area contributed by atoms with Crippen LogP contribution in [-0.2, 0) is 23.9 Å². The molecule has 0 aliphatic heterocycles. The van der Waals surface area contributed by atoms with Gasteiger partial charge < -0.3 is 9.73 Å². The molecule has 8 heteroatoms. The quantitative estimate of drug-likeness (QED) is 0.570. The second-order valence-electron chi connectivity index (χ2n) is 6.04. The predicted octanol–water partition coefficient (Wildman–Crippen LogP) is 4.84. The summed E-state index contributed by atoms with van der Waals surface area (Å²) in [5.41, 5.74) is -0.0519. The summed E-state index contributed by atoms with van der Waals surface area (Å²) >= 11 is 1.27. The fraction of sp³-hybridized carbons (Fsp3) is 0.200. The van der Waals surface area contributed by atoms with Crippen molar-refractivity contribution in [2.24, 2.45) is 0 Å². The number of amides is 1. The third-order valence-corrected chi connectivity index (χ3v) is 5.10. The first-order valence-corrected chi connectivity index (χ1v) is 9.24. The second-order valence-corrected chi connectivity index (χ2v) is 7.21. The Labute approximate surface area is 163 Å². The van der Waals surface area contributed by atoms with Crippen LogP contribution in [-0.4, -0.2) is 11.7 Å². The van der Waals surface area contributed by atoms with Crippen LogP contribution in [0.5, 0.6) is 0 Å². The van der Waals surface area contributed by atoms with Crippen LogP contribution in [0.3, 0.4) is 0 Å². The SMILES string of the molecule is O=C(CCc1ccc(C(F)(F)F)cc1)NCc1ccc(C(=O)c2ccco2)s1. The lowest BCUT2D eigenvalue weighted by molar-refractivity contribution is -0.137. The zero-order valence-corrected chi connectivity index (χ0v) is 15.4. The van der Waals surface area contributed by atoms with Crippen LogP contribution < -0.4 is 5.32 Å². The molecule has 1 N–H and O–H groups in total. The van der Waals surface area contributed by atoms with Crippen molar-refractivity contribution in [2.45, 2.75) is 25.6 Å². The van der Waals surface area contributed by atoms with Crippen molar-refractivity contribution in [1.29, 1.82) is 0 Å². The van der Waals surface area contributed by atoms with E-state index in [-0.39, 0.29) is 30.4 Å². The molecule has 0 atom stereocenters. The van der Waals surface area contributed by atoms with Crippen molar-refractivity contribution in [2.75, 3.05) is 0 Å². The number of hydrogen-bond donors (Lipinski definition) is 1. The minimum atomic E-state index is -4.37. The van der Waals surface area contributed by atoms with Crippen LogP contribution in [0.4, 0.5) is 13.2 Å². The number of carbonyl (C=O) groups is 2. The van der Waals surface area contributed by atoms with E-state index in [0.29, 0.717) is 16.9 Å². The Morgan fingerprint density at radius 1 is 1.04 bits per heavy atom. The van der Waals surface area contributed by atoms with Crippen molar-refractivity contribution in [3.63, 3.8) is 0 Å². The molecule has 4 nitrogen and oxygen atoms in total. The molecule has 2 aromatic heterocycles. The summed E-state index contributed by atoms with van der Waals surface area (Å²) in [4.78, 5) is 25.5. The van der Waals surface area contributed by atoms with Crippen molar-refractivity contribution in [3.8, 4) is 0 Å². The van der Waals surface area contributed by atoms with E-state index < -0.39 is 11.7 Å². The molecule has 1 aromatic carbocycles. The summed E-state index contributed by atoms with van der Waals surface area (Å²) in [5.74, 6) is -0.170. The predicted molar refractivity (Wildman–Crippen MR) is 98.1 cm³/mol. The molecule has 0 unspecified atom stereocenters. The number of rotatable bonds is 7. The lowest BCUT2D eigenvalue weighted by atomic mass is 10.1. The maximum absolute atomic E-state index is 12.5. The van der Waals surface area contributed by atoms with Gasteiger partial charge in [0.05, 0.1) is 23.2 Å². The molecule has 0 fully saturated rings. The van der Waals surface area contributed by atoms with Gasteiger partial charge in [-0.3, -0.25) is 9.59 Å². The van der Waals surface area contributed by atoms with E-state index in [1.54, 1.807) is 24.3 Å². The topological polar surface area (TPSA) is 59.3 Å². The minimum absolute atomic E-state index is 0.162. The lowest BCUT2D eigenvalue weighted by Crippen LogP contribution is -2.22. The highest BCUT2D eigenvalue weighted by Gasteiger charge is 2.29. The molecular weight excluding hydrogens is 391 g/mol. The van der Waals surface area contributed by atoms with E-state index in [2.05, 4.69) is 5.32 Å². The van der Waals surface area contributed by atoms with Crippen LogP contribution >= 0.6 is 11.3 Å². The third-order valence-electron chi connectivity index (χ3n) is 4.01. The summed E-state index contributed by atoms with van der Waals surface area (Å²) in [7, 11) is 0. The van der Waals surface area contributed by atoms with Gasteiger partial charge in [0.2, 0.25) is 11.7 Å². The minimum Gasteiger partial charge on any atom is -0.461 e. The summed E-state index contributed by atoms with van der Waals surface area (Å²) in [6.07, 6.45) is -2.43. The molecule has 3 aromatic rings. The molecule has 1 amide bonds. The Kier molecular flexibility index (Phi) is 5.99. The molecule has 28 heavy (non-hydrogen) atoms. The van der Waals surface area contributed by atoms with Crippen LogP contribution in [0.25, 0.3) is 0 Å². The molecule has 146 valence electrons. The second kappa shape index (κ2) is 8.43. The van der Waals surface area contributed by atoms with Gasteiger partial charge in [0, 0.05) is 11.3 Å². The van der Waals surface area contributed by atoms with Gasteiger partial charge in [-0.1, -0.05) is 12.1 Å². The van der Waals surface area contributed by atoms with Crippen LogP contribution in [0, 0.1) is 0 Å². The number of thiophene rings is 1. The van der Waals surface area contributed by atoms with Gasteiger partial charge in [-0.05, 0) is 48.4 Å². The fourth-order valence-corrected chi connectivity index (χ4v) is 3.41. The molecule has 0 aliphatic rings. The van der Waals surface area contributed by atoms with Gasteiger partial charge in [-0.15, -0.1) is 11.3 Å². The Morgan fingerprint density at radius 3 is 2.43 bits per heavy atom. The molecule has 3 rings (SSSR count). The number of alkyl halides is 3. The highest BCUT2D eigenvalue weighted by Crippen LogP contribution is 2.29. The van der Waals surface area contributed by atoms with Crippen LogP contribution in [0.15, 0.2) is 59.2 Å². The Morgan fingerprint density at radius 2 is 1.79 bits per heavy atom. The first-order chi connectivity index (χ1) is 13.3. The summed E-state index contributed by atoms with van der Waals surface area (Å²) in [5, 5.41) is 2.75. The Bertz CT molecular complexity index is 944. The van der Waals surface area contributed by atoms with E-state index in [4.69, 9.17) is 4.42 Å². The monoisotopic (exact) mass is 407 g/mol. The lowest BCUT2D eigenvalue weighted by Gasteiger charge is -2.08. The molecular formula is C20H16F3NO3S. The summed E-state index contributed by atoms with van der Waals surface area (Å²) in [6, 6.07) is 11.4. The van der Waals surface area contributed by atoms with Crippen LogP contribution in [0.2, 0.25) is 0 Å². The molecule has 2 heterocycles. The zero-order valence-electron chi connectivity index (χ0n) is 14.6. The van der Waals surface area contributed by atoms with E-state index >= 15 is 0 Å². The molecule has 0 radical (unpaired) electrons. The van der Waals surface area contributed by atoms with Crippen LogP contribution in [0.1, 0.15) is 37.9 Å². The van der Waals surface area contributed by atoms with Crippen molar-refractivity contribution in [3.05, 3.63) is 81.4 Å². The highest BCUT2D eigenvalue weighted by molar-refractivity contribution is 7.14. The molecule has 0 saturated heterocycles. The number of ketones is 1. The average Bonchev–Trinajstić information content (AvgIpc) is 3.35. The number of nitrogens with one attached hydrogen (secondary N) is 1. The van der Waals surface area contributed by atoms with Crippen molar-refractivity contribution >= 4 is 23.0 Å². The molecule has 0 aliphatic carbocycles. The summed E-state index contributed by atoms with van der Waals surface area (Å²) < 4.78 is 42.7. The molecule has 0 bridgehead atoms. The first-order valence-electron chi connectivity index (χ1n) is 8.42. The van der Waals surface area contributed by atoms with Gasteiger partial charge in [-0.2, -0.15) is 13.2 Å². The third kappa shape index (κ3) is 5.10. The van der Waals surface area contributed by atoms with E-state index in [0.717, 1.165) is 17.0 Å². The van der Waals surface area contributed by atoms with E-state index in [1.165, 1.54) is 29.7 Å². The van der Waals surface area contributed by atoms with Crippen molar-refractivity contribution < 1.29 is 27.2 Å². The number of hydrogen-bond acceptors (Lipinski definition) is 4. The standard InChI is InChI=1S/C20H16F3NO3S/c21-20(22,23)14-6-3-13(4-7-14)5-10-18(25)24-12-15-8-9-17(28-15)19(26)16-2-1-11-27-16/h1-4,6-9,11H,5,10,12H2,(H,24,25). The van der Waals surface area contributed by atoms with E-state index in [9.17, 15) is 22.8 Å². The Hall–Kier alpha value is -2.87. The number of furan rings is 1. The van der Waals surface area contributed by atoms with Gasteiger partial charge in [0.25, 0.3) is 0 Å². The first kappa shape index (κ1) is 19.9. The maximum Gasteiger partial charge on any atom is 0.416 e. The number of aryl methyl sites for hydroxylation is 1. The largest absolute Gasteiger partial charge is 0.461 e. The van der Waals surface area contributed by atoms with Gasteiger partial charge >= 0.3 is 6.18 Å². The zero-order chi connectivity index (χ0) is 20.1. The number of carbonyl (C=O) groups excluding carboxylic acids is 2. The van der Waals surface area contributed by atoms with Crippen molar-refractivity contribution in [1.82, 2.24) is 5.32 Å². The van der Waals surface area contributed by atoms with Gasteiger partial charge in [0.1, 0.15) is 0 Å². The average molecular weight is 407 g/mol. The molecule has 0 saturated carbocycles. The smallest absolute Gasteiger partial charge is 0.416 e. The summed E-state index contributed by atoms with van der Waals surface area (Å²) in [6.45, 7) is 0.280.